The predicted octanol–water partition coefficient (Wildman–Crippen LogP) is 4.28. The Morgan fingerprint density at radius 2 is 1.94 bits per heavy atom. The van der Waals surface area contributed by atoms with Gasteiger partial charge >= 0.3 is 5.97 Å². The first-order valence-electron chi connectivity index (χ1n) is 11.3. The van der Waals surface area contributed by atoms with Gasteiger partial charge in [-0.15, -0.1) is 6.58 Å². The molecular formula is C24H32N4O5. The summed E-state index contributed by atoms with van der Waals surface area (Å²) in [6.45, 7) is 7.96. The quantitative estimate of drug-likeness (QED) is 0.130. The minimum atomic E-state index is -0.822. The van der Waals surface area contributed by atoms with Gasteiger partial charge in [0.05, 0.1) is 18.2 Å². The highest BCUT2D eigenvalue weighted by molar-refractivity contribution is 5.77. The van der Waals surface area contributed by atoms with Crippen molar-refractivity contribution in [2.45, 2.75) is 82.6 Å². The second kappa shape index (κ2) is 11.3. The molecule has 0 N–H and O–H groups in total. The van der Waals surface area contributed by atoms with Crippen LogP contribution in [0, 0.1) is 0 Å². The van der Waals surface area contributed by atoms with Crippen molar-refractivity contribution in [2.75, 3.05) is 6.54 Å². The smallest absolute Gasteiger partial charge is 0.306 e. The van der Waals surface area contributed by atoms with Crippen molar-refractivity contribution in [3.8, 4) is 0 Å². The zero-order chi connectivity index (χ0) is 23.8. The van der Waals surface area contributed by atoms with Crippen molar-refractivity contribution in [3.63, 3.8) is 0 Å². The third-order valence-electron chi connectivity index (χ3n) is 5.90. The first-order valence-corrected chi connectivity index (χ1v) is 11.3. The molecule has 178 valence electrons. The van der Waals surface area contributed by atoms with E-state index in [4.69, 9.17) is 19.7 Å². The van der Waals surface area contributed by atoms with E-state index in [0.29, 0.717) is 19.3 Å². The van der Waals surface area contributed by atoms with E-state index in [1.165, 1.54) is 0 Å². The molecule has 1 aromatic carbocycles. The van der Waals surface area contributed by atoms with Gasteiger partial charge in [0.15, 0.2) is 5.79 Å². The second-order valence-electron chi connectivity index (χ2n) is 8.83. The lowest BCUT2D eigenvalue weighted by atomic mass is 9.90. The standard InChI is InChI=1S/C24H32N4O5/c1-4-10-19-23-22(32-24(2,3)33-23)18(26-27-25)15-28(19)20(29)13-8-9-14-21(30)31-16-17-11-6-5-7-12-17/h4-7,11-12,18-19,22-23H,1,8-10,13-16H2,2-3H3/t18-,19?,22+,23-/m0/s1. The van der Waals surface area contributed by atoms with Crippen LogP contribution in [0.15, 0.2) is 48.1 Å². The van der Waals surface area contributed by atoms with Gasteiger partial charge in [-0.3, -0.25) is 9.59 Å². The average molecular weight is 457 g/mol. The Morgan fingerprint density at radius 1 is 1.24 bits per heavy atom. The highest BCUT2D eigenvalue weighted by Crippen LogP contribution is 2.39. The van der Waals surface area contributed by atoms with Gasteiger partial charge in [0.25, 0.3) is 0 Å². The third kappa shape index (κ3) is 6.57. The first kappa shape index (κ1) is 24.8. The Hall–Kier alpha value is -2.87. The summed E-state index contributed by atoms with van der Waals surface area (Å²) in [5.74, 6) is -1.17. The summed E-state index contributed by atoms with van der Waals surface area (Å²) in [7, 11) is 0. The Labute approximate surface area is 194 Å². The second-order valence-corrected chi connectivity index (χ2v) is 8.83. The SMILES string of the molecule is C=CCC1[C@@H]2OC(C)(C)O[C@@H]2[C@@H](N=[N+]=[N-])CN1C(=O)CCCCC(=O)OCc1ccccc1. The maximum Gasteiger partial charge on any atom is 0.306 e. The molecule has 9 heteroatoms. The highest BCUT2D eigenvalue weighted by Gasteiger charge is 2.53. The number of fused-ring (bicyclic) bond motifs is 1. The summed E-state index contributed by atoms with van der Waals surface area (Å²) in [5, 5.41) is 3.88. The number of unbranched alkanes of at least 4 members (excludes halogenated alkanes) is 1. The van der Waals surface area contributed by atoms with Crippen LogP contribution in [0.25, 0.3) is 10.4 Å². The molecule has 0 aromatic heterocycles. The molecule has 4 atom stereocenters. The van der Waals surface area contributed by atoms with Gasteiger partial charge in [0, 0.05) is 24.3 Å². The van der Waals surface area contributed by atoms with Crippen LogP contribution in [0.4, 0.5) is 0 Å². The monoisotopic (exact) mass is 456 g/mol. The molecule has 2 saturated heterocycles. The van der Waals surface area contributed by atoms with Crippen molar-refractivity contribution < 1.29 is 23.8 Å². The Morgan fingerprint density at radius 3 is 2.64 bits per heavy atom. The number of ether oxygens (including phenoxy) is 3. The minimum absolute atomic E-state index is 0.0654. The molecule has 1 aromatic rings. The van der Waals surface area contributed by atoms with Crippen LogP contribution in [-0.4, -0.2) is 53.4 Å². The number of likely N-dealkylation sites (tertiary alicyclic amines) is 1. The fourth-order valence-corrected chi connectivity index (χ4v) is 4.42. The molecule has 0 spiro atoms. The molecule has 0 aliphatic carbocycles. The van der Waals surface area contributed by atoms with Gasteiger partial charge in [-0.25, -0.2) is 0 Å². The molecule has 0 radical (unpaired) electrons. The summed E-state index contributed by atoms with van der Waals surface area (Å²) in [6, 6.07) is 8.73. The molecular weight excluding hydrogens is 424 g/mol. The van der Waals surface area contributed by atoms with Crippen molar-refractivity contribution in [2.24, 2.45) is 5.11 Å². The van der Waals surface area contributed by atoms with E-state index in [0.717, 1.165) is 5.56 Å². The maximum absolute atomic E-state index is 13.1. The normalized spacial score (nSPS) is 25.6. The number of piperidine rings is 1. The van der Waals surface area contributed by atoms with E-state index in [-0.39, 0.29) is 43.9 Å². The largest absolute Gasteiger partial charge is 0.461 e. The van der Waals surface area contributed by atoms with Gasteiger partial charge in [-0.1, -0.05) is 41.5 Å². The van der Waals surface area contributed by atoms with Gasteiger partial charge in [0.2, 0.25) is 5.91 Å². The first-order chi connectivity index (χ1) is 15.8. The summed E-state index contributed by atoms with van der Waals surface area (Å²) >= 11 is 0. The van der Waals surface area contributed by atoms with E-state index < -0.39 is 24.0 Å². The lowest BCUT2D eigenvalue weighted by molar-refractivity contribution is -0.152. The molecule has 33 heavy (non-hydrogen) atoms. The highest BCUT2D eigenvalue weighted by atomic mass is 16.8. The molecule has 2 fully saturated rings. The van der Waals surface area contributed by atoms with Crippen LogP contribution < -0.4 is 0 Å². The van der Waals surface area contributed by atoms with E-state index in [9.17, 15) is 9.59 Å². The van der Waals surface area contributed by atoms with Crippen LogP contribution in [0.3, 0.4) is 0 Å². The van der Waals surface area contributed by atoms with E-state index in [2.05, 4.69) is 16.6 Å². The zero-order valence-electron chi connectivity index (χ0n) is 19.3. The zero-order valence-corrected chi connectivity index (χ0v) is 19.3. The molecule has 0 saturated carbocycles. The molecule has 3 rings (SSSR count). The fourth-order valence-electron chi connectivity index (χ4n) is 4.42. The molecule has 1 unspecified atom stereocenters. The number of carbonyl (C=O) groups is 2. The average Bonchev–Trinajstić information content (AvgIpc) is 3.13. The Balaban J connectivity index is 1.52. The lowest BCUT2D eigenvalue weighted by Gasteiger charge is -2.43. The van der Waals surface area contributed by atoms with Crippen LogP contribution in [0.5, 0.6) is 0 Å². The summed E-state index contributed by atoms with van der Waals surface area (Å²) in [6.07, 6.45) is 3.13. The van der Waals surface area contributed by atoms with Crippen LogP contribution in [0.2, 0.25) is 0 Å². The number of rotatable bonds is 10. The Kier molecular flexibility index (Phi) is 8.49. The van der Waals surface area contributed by atoms with Crippen molar-refractivity contribution in [1.82, 2.24) is 4.90 Å². The van der Waals surface area contributed by atoms with E-state index in [1.54, 1.807) is 11.0 Å². The molecule has 2 aliphatic heterocycles. The number of carbonyl (C=O) groups excluding carboxylic acids is 2. The lowest BCUT2D eigenvalue weighted by Crippen LogP contribution is -2.60. The number of amides is 1. The Bertz CT molecular complexity index is 884. The van der Waals surface area contributed by atoms with Crippen LogP contribution >= 0.6 is 0 Å². The van der Waals surface area contributed by atoms with Gasteiger partial charge < -0.3 is 19.1 Å². The fraction of sp³-hybridized carbons (Fsp3) is 0.583. The van der Waals surface area contributed by atoms with Crippen LogP contribution in [-0.2, 0) is 30.4 Å². The molecule has 1 amide bonds. The molecule has 2 heterocycles. The summed E-state index contributed by atoms with van der Waals surface area (Å²) in [4.78, 5) is 29.7. The van der Waals surface area contributed by atoms with E-state index >= 15 is 0 Å². The topological polar surface area (TPSA) is 114 Å². The molecule has 9 nitrogen and oxygen atoms in total. The molecule has 0 bridgehead atoms. The van der Waals surface area contributed by atoms with Gasteiger partial charge in [0.1, 0.15) is 12.7 Å². The number of nitrogens with zero attached hydrogens (tertiary/aromatic N) is 4. The number of hydrogen-bond acceptors (Lipinski definition) is 6. The summed E-state index contributed by atoms with van der Waals surface area (Å²) < 4.78 is 17.4. The minimum Gasteiger partial charge on any atom is -0.461 e. The van der Waals surface area contributed by atoms with Crippen molar-refractivity contribution in [3.05, 3.63) is 59.0 Å². The van der Waals surface area contributed by atoms with E-state index in [1.807, 2.05) is 44.2 Å². The third-order valence-corrected chi connectivity index (χ3v) is 5.90. The van der Waals surface area contributed by atoms with Crippen molar-refractivity contribution >= 4 is 11.9 Å². The van der Waals surface area contributed by atoms with Crippen LogP contribution in [0.1, 0.15) is 51.5 Å². The predicted molar refractivity (Wildman–Crippen MR) is 122 cm³/mol. The number of benzene rings is 1. The maximum atomic E-state index is 13.1. The summed E-state index contributed by atoms with van der Waals surface area (Å²) in [5.41, 5.74) is 9.94. The number of hydrogen-bond donors (Lipinski definition) is 0. The van der Waals surface area contributed by atoms with Crippen molar-refractivity contribution in [1.29, 1.82) is 0 Å². The van der Waals surface area contributed by atoms with Gasteiger partial charge in [-0.05, 0) is 44.2 Å². The number of esters is 1. The molecule has 2 aliphatic rings. The number of azide groups is 1. The van der Waals surface area contributed by atoms with Gasteiger partial charge in [-0.2, -0.15) is 0 Å².